The summed E-state index contributed by atoms with van der Waals surface area (Å²) in [6, 6.07) is 8.43. The number of hydrogen-bond acceptors (Lipinski definition) is 3. The summed E-state index contributed by atoms with van der Waals surface area (Å²) in [4.78, 5) is 11.4. The monoisotopic (exact) mass is 417 g/mol. The summed E-state index contributed by atoms with van der Waals surface area (Å²) in [6.07, 6.45) is 17.9. The fourth-order valence-electron chi connectivity index (χ4n) is 3.77. The van der Waals surface area contributed by atoms with Crippen LogP contribution in [-0.2, 0) is 16.0 Å². The molecule has 1 N–H and O–H groups in total. The molecule has 3 heteroatoms. The number of unbranched alkanes of at least 4 members (excludes halogenated alkanes) is 10. The maximum atomic E-state index is 11.4. The van der Waals surface area contributed by atoms with Crippen molar-refractivity contribution in [1.29, 1.82) is 0 Å². The van der Waals surface area contributed by atoms with Crippen LogP contribution in [0.4, 0.5) is 5.69 Å². The highest BCUT2D eigenvalue weighted by atomic mass is 16.5. The van der Waals surface area contributed by atoms with Crippen LogP contribution in [0.3, 0.4) is 0 Å². The van der Waals surface area contributed by atoms with Gasteiger partial charge in [-0.25, -0.2) is 0 Å². The van der Waals surface area contributed by atoms with Crippen molar-refractivity contribution in [3.63, 3.8) is 0 Å². The molecule has 3 nitrogen and oxygen atoms in total. The average molecular weight is 418 g/mol. The molecule has 0 bridgehead atoms. The lowest BCUT2D eigenvalue weighted by molar-refractivity contribution is -0.143. The molecule has 1 aromatic carbocycles. The Hall–Kier alpha value is -1.51. The van der Waals surface area contributed by atoms with Crippen LogP contribution in [0.25, 0.3) is 0 Å². The first-order valence-electron chi connectivity index (χ1n) is 12.6. The van der Waals surface area contributed by atoms with Crippen LogP contribution in [0, 0.1) is 5.92 Å². The van der Waals surface area contributed by atoms with Gasteiger partial charge in [0.05, 0.1) is 6.61 Å². The van der Waals surface area contributed by atoms with E-state index in [1.165, 1.54) is 88.3 Å². The van der Waals surface area contributed by atoms with E-state index in [1.54, 1.807) is 0 Å². The van der Waals surface area contributed by atoms with Crippen molar-refractivity contribution in [1.82, 2.24) is 0 Å². The molecule has 172 valence electrons. The molecular weight excluding hydrogens is 370 g/mol. The number of carbonyl (C=O) groups excluding carboxylic acids is 1. The van der Waals surface area contributed by atoms with Crippen molar-refractivity contribution in [2.45, 2.75) is 111 Å². The molecule has 1 aromatic rings. The smallest absolute Gasteiger partial charge is 0.306 e. The van der Waals surface area contributed by atoms with E-state index in [0.29, 0.717) is 13.0 Å². The minimum Gasteiger partial charge on any atom is -0.466 e. The van der Waals surface area contributed by atoms with Gasteiger partial charge in [0.1, 0.15) is 0 Å². The molecule has 0 saturated carbocycles. The van der Waals surface area contributed by atoms with Crippen molar-refractivity contribution in [3.05, 3.63) is 29.8 Å². The molecule has 0 radical (unpaired) electrons. The lowest BCUT2D eigenvalue weighted by Gasteiger charge is -2.08. The predicted octanol–water partition coefficient (Wildman–Crippen LogP) is 7.93. The van der Waals surface area contributed by atoms with E-state index in [9.17, 15) is 4.79 Å². The first kappa shape index (κ1) is 26.5. The Morgan fingerprint density at radius 2 is 1.37 bits per heavy atom. The third-order valence-corrected chi connectivity index (χ3v) is 5.66. The molecule has 1 rings (SSSR count). The second-order valence-corrected chi connectivity index (χ2v) is 9.00. The molecular formula is C27H47NO2. The van der Waals surface area contributed by atoms with Gasteiger partial charge in [0, 0.05) is 18.7 Å². The lowest BCUT2D eigenvalue weighted by Crippen LogP contribution is -2.05. The zero-order valence-corrected chi connectivity index (χ0v) is 20.0. The highest BCUT2D eigenvalue weighted by molar-refractivity contribution is 5.69. The van der Waals surface area contributed by atoms with E-state index in [2.05, 4.69) is 43.4 Å². The van der Waals surface area contributed by atoms with Crippen LogP contribution in [0.15, 0.2) is 24.3 Å². The summed E-state index contributed by atoms with van der Waals surface area (Å²) in [5, 5.41) is 3.51. The number of benzene rings is 1. The molecule has 0 aliphatic heterocycles. The molecule has 0 spiro atoms. The number of rotatable bonds is 19. The minimum absolute atomic E-state index is 0.114. The van der Waals surface area contributed by atoms with E-state index in [1.807, 2.05) is 6.92 Å². The molecule has 0 atom stereocenters. The fourth-order valence-corrected chi connectivity index (χ4v) is 3.77. The Morgan fingerprint density at radius 1 is 0.833 bits per heavy atom. The van der Waals surface area contributed by atoms with Gasteiger partial charge in [-0.15, -0.1) is 0 Å². The van der Waals surface area contributed by atoms with Gasteiger partial charge < -0.3 is 10.1 Å². The van der Waals surface area contributed by atoms with E-state index in [-0.39, 0.29) is 5.97 Å². The van der Waals surface area contributed by atoms with Gasteiger partial charge in [-0.2, -0.15) is 0 Å². The summed E-state index contributed by atoms with van der Waals surface area (Å²) in [5.41, 5.74) is 2.35. The van der Waals surface area contributed by atoms with Crippen molar-refractivity contribution in [2.24, 2.45) is 5.92 Å². The van der Waals surface area contributed by atoms with Gasteiger partial charge in [0.15, 0.2) is 0 Å². The zero-order chi connectivity index (χ0) is 21.9. The van der Waals surface area contributed by atoms with Gasteiger partial charge in [0.25, 0.3) is 0 Å². The number of anilines is 1. The highest BCUT2D eigenvalue weighted by Crippen LogP contribution is 2.15. The maximum absolute atomic E-state index is 11.4. The molecule has 0 aromatic heterocycles. The zero-order valence-electron chi connectivity index (χ0n) is 20.0. The van der Waals surface area contributed by atoms with Gasteiger partial charge in [-0.3, -0.25) is 4.79 Å². The molecule has 0 fully saturated rings. The summed E-state index contributed by atoms with van der Waals surface area (Å²) in [7, 11) is 0. The van der Waals surface area contributed by atoms with Gasteiger partial charge in [-0.1, -0.05) is 96.6 Å². The number of ether oxygens (including phenoxy) is 1. The van der Waals surface area contributed by atoms with Gasteiger partial charge in [0.2, 0.25) is 0 Å². The first-order chi connectivity index (χ1) is 14.6. The topological polar surface area (TPSA) is 38.3 Å². The van der Waals surface area contributed by atoms with Crippen molar-refractivity contribution < 1.29 is 9.53 Å². The third kappa shape index (κ3) is 15.3. The van der Waals surface area contributed by atoms with Crippen molar-refractivity contribution in [2.75, 3.05) is 18.5 Å². The lowest BCUT2D eigenvalue weighted by atomic mass is 10.0. The SMILES string of the molecule is CCOC(=O)CCc1ccc(NCCCCCCCCCCCCCC(C)C)cc1. The first-order valence-corrected chi connectivity index (χ1v) is 12.6. The molecule has 0 saturated heterocycles. The number of aryl methyl sites for hydroxylation is 1. The number of esters is 1. The van der Waals surface area contributed by atoms with Crippen LogP contribution in [0.5, 0.6) is 0 Å². The van der Waals surface area contributed by atoms with Crippen LogP contribution < -0.4 is 5.32 Å². The maximum Gasteiger partial charge on any atom is 0.306 e. The van der Waals surface area contributed by atoms with E-state index in [0.717, 1.165) is 18.9 Å². The van der Waals surface area contributed by atoms with Crippen LogP contribution in [0.1, 0.15) is 110 Å². The Balaban J connectivity index is 1.90. The number of carbonyl (C=O) groups is 1. The van der Waals surface area contributed by atoms with E-state index < -0.39 is 0 Å². The third-order valence-electron chi connectivity index (χ3n) is 5.66. The molecule has 30 heavy (non-hydrogen) atoms. The summed E-state index contributed by atoms with van der Waals surface area (Å²) in [5.74, 6) is 0.756. The van der Waals surface area contributed by atoms with Gasteiger partial charge >= 0.3 is 5.97 Å². The van der Waals surface area contributed by atoms with E-state index >= 15 is 0 Å². The van der Waals surface area contributed by atoms with Crippen molar-refractivity contribution in [3.8, 4) is 0 Å². The standard InChI is InChI=1S/C27H47NO2/c1-4-30-27(29)22-19-25-17-20-26(21-18-25)28-23-15-13-11-9-7-5-6-8-10-12-14-16-24(2)3/h17-18,20-21,24,28H,4-16,19,22-23H2,1-3H3. The number of nitrogens with one attached hydrogen (secondary N) is 1. The summed E-state index contributed by atoms with van der Waals surface area (Å²) in [6.45, 7) is 7.99. The normalized spacial score (nSPS) is 11.1. The molecule has 0 aliphatic carbocycles. The fraction of sp³-hybridized carbons (Fsp3) is 0.741. The summed E-state index contributed by atoms with van der Waals surface area (Å²) < 4.78 is 4.97. The summed E-state index contributed by atoms with van der Waals surface area (Å²) >= 11 is 0. The predicted molar refractivity (Wildman–Crippen MR) is 130 cm³/mol. The van der Waals surface area contributed by atoms with Crippen LogP contribution in [-0.4, -0.2) is 19.1 Å². The second-order valence-electron chi connectivity index (χ2n) is 9.00. The number of hydrogen-bond donors (Lipinski definition) is 1. The Bertz CT molecular complexity index is 524. The largest absolute Gasteiger partial charge is 0.466 e. The Morgan fingerprint density at radius 3 is 1.90 bits per heavy atom. The quantitative estimate of drug-likeness (QED) is 0.183. The minimum atomic E-state index is -0.114. The molecule has 0 unspecified atom stereocenters. The van der Waals surface area contributed by atoms with Crippen LogP contribution >= 0.6 is 0 Å². The highest BCUT2D eigenvalue weighted by Gasteiger charge is 2.02. The van der Waals surface area contributed by atoms with Crippen LogP contribution in [0.2, 0.25) is 0 Å². The van der Waals surface area contributed by atoms with Crippen molar-refractivity contribution >= 4 is 11.7 Å². The Labute approximate surface area is 186 Å². The average Bonchev–Trinajstić information content (AvgIpc) is 2.73. The van der Waals surface area contributed by atoms with Gasteiger partial charge in [-0.05, 0) is 43.4 Å². The van der Waals surface area contributed by atoms with E-state index in [4.69, 9.17) is 4.74 Å². The second kappa shape index (κ2) is 18.3. The molecule has 0 amide bonds. The molecule has 0 aliphatic rings. The Kier molecular flexibility index (Phi) is 16.2. The molecule has 0 heterocycles.